The highest BCUT2D eigenvalue weighted by Gasteiger charge is 2.23. The molecule has 0 aliphatic heterocycles. The molecule has 1 unspecified atom stereocenters. The van der Waals surface area contributed by atoms with Gasteiger partial charge in [0.25, 0.3) is 0 Å². The summed E-state index contributed by atoms with van der Waals surface area (Å²) in [7, 11) is 0. The summed E-state index contributed by atoms with van der Waals surface area (Å²) in [5.74, 6) is 3.73. The molecule has 0 aromatic heterocycles. The molecule has 1 atom stereocenters. The van der Waals surface area contributed by atoms with Crippen LogP contribution in [0.5, 0.6) is 0 Å². The van der Waals surface area contributed by atoms with Gasteiger partial charge in [-0.05, 0) is 56.3 Å². The van der Waals surface area contributed by atoms with Crippen molar-refractivity contribution in [1.82, 2.24) is 0 Å². The molecule has 1 fully saturated rings. The number of hydrogen-bond donors (Lipinski definition) is 0. The molecule has 0 aromatic rings. The highest BCUT2D eigenvalue weighted by atomic mass is 14.3. The van der Waals surface area contributed by atoms with Crippen LogP contribution in [0.3, 0.4) is 0 Å². The number of allylic oxidation sites excluding steroid dienone is 2. The first-order chi connectivity index (χ1) is 7.63. The monoisotopic (exact) mass is 222 g/mol. The number of rotatable bonds is 5. The van der Waals surface area contributed by atoms with Crippen molar-refractivity contribution >= 4 is 0 Å². The molecule has 94 valence electrons. The molecule has 0 nitrogen and oxygen atoms in total. The maximum absolute atomic E-state index is 2.48. The average Bonchev–Trinajstić information content (AvgIpc) is 2.27. The van der Waals surface area contributed by atoms with Gasteiger partial charge in [0.15, 0.2) is 0 Å². The second kappa shape index (κ2) is 7.14. The van der Waals surface area contributed by atoms with Crippen molar-refractivity contribution in [2.24, 2.45) is 23.7 Å². The van der Waals surface area contributed by atoms with Gasteiger partial charge >= 0.3 is 0 Å². The van der Waals surface area contributed by atoms with Gasteiger partial charge in [-0.2, -0.15) is 0 Å². The molecule has 16 heavy (non-hydrogen) atoms. The van der Waals surface area contributed by atoms with Gasteiger partial charge in [-0.1, -0.05) is 45.8 Å². The first kappa shape index (κ1) is 13.8. The standard InChI is InChI=1S/C16H30/c1-5-6-15-9-11-16(12-10-15)14(4)8-7-13(2)3/h5-6,13-16H,7-12H2,1-4H3. The van der Waals surface area contributed by atoms with Gasteiger partial charge in [-0.15, -0.1) is 0 Å². The zero-order valence-corrected chi connectivity index (χ0v) is 11.7. The summed E-state index contributed by atoms with van der Waals surface area (Å²) < 4.78 is 0. The van der Waals surface area contributed by atoms with Crippen LogP contribution >= 0.6 is 0 Å². The lowest BCUT2D eigenvalue weighted by Gasteiger charge is -2.31. The highest BCUT2D eigenvalue weighted by Crippen LogP contribution is 2.36. The molecule has 1 rings (SSSR count). The van der Waals surface area contributed by atoms with E-state index in [2.05, 4.69) is 39.8 Å². The Morgan fingerprint density at radius 1 is 1.00 bits per heavy atom. The Hall–Kier alpha value is -0.260. The van der Waals surface area contributed by atoms with Gasteiger partial charge in [0, 0.05) is 0 Å². The first-order valence-electron chi connectivity index (χ1n) is 7.26. The minimum absolute atomic E-state index is 0.877. The van der Waals surface area contributed by atoms with Crippen LogP contribution in [-0.2, 0) is 0 Å². The van der Waals surface area contributed by atoms with Gasteiger partial charge in [-0.3, -0.25) is 0 Å². The normalized spacial score (nSPS) is 28.8. The van der Waals surface area contributed by atoms with E-state index in [0.717, 1.165) is 23.7 Å². The summed E-state index contributed by atoms with van der Waals surface area (Å²) in [6, 6.07) is 0. The average molecular weight is 222 g/mol. The van der Waals surface area contributed by atoms with Crippen molar-refractivity contribution in [3.8, 4) is 0 Å². The van der Waals surface area contributed by atoms with Crippen molar-refractivity contribution in [3.05, 3.63) is 12.2 Å². The smallest absolute Gasteiger partial charge is 0.0233 e. The lowest BCUT2D eigenvalue weighted by Crippen LogP contribution is -2.19. The maximum Gasteiger partial charge on any atom is -0.0233 e. The van der Waals surface area contributed by atoms with E-state index in [9.17, 15) is 0 Å². The second-order valence-corrected chi connectivity index (χ2v) is 6.15. The van der Waals surface area contributed by atoms with Gasteiger partial charge in [0.2, 0.25) is 0 Å². The Balaban J connectivity index is 2.24. The first-order valence-corrected chi connectivity index (χ1v) is 7.26. The molecule has 0 bridgehead atoms. The predicted octanol–water partition coefficient (Wildman–Crippen LogP) is 5.44. The zero-order chi connectivity index (χ0) is 12.0. The van der Waals surface area contributed by atoms with Crippen molar-refractivity contribution in [2.45, 2.75) is 66.2 Å². The van der Waals surface area contributed by atoms with Crippen LogP contribution in [-0.4, -0.2) is 0 Å². The predicted molar refractivity (Wildman–Crippen MR) is 73.5 cm³/mol. The Labute approximate surface area is 103 Å². The molecule has 0 heterocycles. The molecular formula is C16H30. The van der Waals surface area contributed by atoms with Crippen molar-refractivity contribution < 1.29 is 0 Å². The van der Waals surface area contributed by atoms with Crippen LogP contribution in [0.15, 0.2) is 12.2 Å². The third kappa shape index (κ3) is 4.72. The fourth-order valence-electron chi connectivity index (χ4n) is 3.01. The van der Waals surface area contributed by atoms with Crippen LogP contribution in [0.2, 0.25) is 0 Å². The molecule has 0 radical (unpaired) electrons. The van der Waals surface area contributed by atoms with E-state index in [0.29, 0.717) is 0 Å². The molecule has 1 aliphatic carbocycles. The van der Waals surface area contributed by atoms with Crippen molar-refractivity contribution in [1.29, 1.82) is 0 Å². The fraction of sp³-hybridized carbons (Fsp3) is 0.875. The van der Waals surface area contributed by atoms with Gasteiger partial charge in [-0.25, -0.2) is 0 Å². The van der Waals surface area contributed by atoms with Crippen LogP contribution in [0.25, 0.3) is 0 Å². The molecule has 0 aromatic carbocycles. The molecular weight excluding hydrogens is 192 g/mol. The Bertz CT molecular complexity index is 194. The van der Waals surface area contributed by atoms with E-state index < -0.39 is 0 Å². The maximum atomic E-state index is 2.48. The summed E-state index contributed by atoms with van der Waals surface area (Å²) in [5.41, 5.74) is 0. The highest BCUT2D eigenvalue weighted by molar-refractivity contribution is 4.89. The topological polar surface area (TPSA) is 0 Å². The van der Waals surface area contributed by atoms with E-state index in [1.54, 1.807) is 0 Å². The largest absolute Gasteiger partial charge is 0.0914 e. The van der Waals surface area contributed by atoms with Crippen LogP contribution in [0, 0.1) is 23.7 Å². The van der Waals surface area contributed by atoms with E-state index in [1.165, 1.54) is 38.5 Å². The summed E-state index contributed by atoms with van der Waals surface area (Å²) in [6.07, 6.45) is 13.3. The van der Waals surface area contributed by atoms with Crippen LogP contribution in [0.1, 0.15) is 66.2 Å². The molecule has 0 N–H and O–H groups in total. The lowest BCUT2D eigenvalue weighted by molar-refractivity contribution is 0.219. The molecule has 0 amide bonds. The van der Waals surface area contributed by atoms with E-state index >= 15 is 0 Å². The summed E-state index contributed by atoms with van der Waals surface area (Å²) in [4.78, 5) is 0. The third-order valence-corrected chi connectivity index (χ3v) is 4.29. The van der Waals surface area contributed by atoms with Crippen molar-refractivity contribution in [3.63, 3.8) is 0 Å². The van der Waals surface area contributed by atoms with Gasteiger partial charge in [0.1, 0.15) is 0 Å². The van der Waals surface area contributed by atoms with Crippen LogP contribution in [0.4, 0.5) is 0 Å². The molecule has 0 spiro atoms. The van der Waals surface area contributed by atoms with Gasteiger partial charge in [0.05, 0.1) is 0 Å². The Morgan fingerprint density at radius 3 is 2.12 bits per heavy atom. The number of hydrogen-bond acceptors (Lipinski definition) is 0. The van der Waals surface area contributed by atoms with E-state index in [4.69, 9.17) is 0 Å². The second-order valence-electron chi connectivity index (χ2n) is 6.15. The van der Waals surface area contributed by atoms with Gasteiger partial charge < -0.3 is 0 Å². The van der Waals surface area contributed by atoms with E-state index in [1.807, 2.05) is 0 Å². The summed E-state index contributed by atoms with van der Waals surface area (Å²) in [5, 5.41) is 0. The zero-order valence-electron chi connectivity index (χ0n) is 11.7. The molecule has 0 saturated heterocycles. The molecule has 0 heteroatoms. The van der Waals surface area contributed by atoms with Crippen LogP contribution < -0.4 is 0 Å². The van der Waals surface area contributed by atoms with E-state index in [-0.39, 0.29) is 0 Å². The quantitative estimate of drug-likeness (QED) is 0.543. The molecule has 1 saturated carbocycles. The third-order valence-electron chi connectivity index (χ3n) is 4.29. The Morgan fingerprint density at radius 2 is 1.62 bits per heavy atom. The Kier molecular flexibility index (Phi) is 6.16. The minimum Gasteiger partial charge on any atom is -0.0914 e. The SMILES string of the molecule is CC=CC1CCC(C(C)CCC(C)C)CC1. The van der Waals surface area contributed by atoms with Crippen molar-refractivity contribution in [2.75, 3.05) is 0 Å². The minimum atomic E-state index is 0.877. The summed E-state index contributed by atoms with van der Waals surface area (Å²) in [6.45, 7) is 9.31. The summed E-state index contributed by atoms with van der Waals surface area (Å²) >= 11 is 0. The lowest BCUT2D eigenvalue weighted by atomic mass is 9.74. The molecule has 1 aliphatic rings. The fourth-order valence-corrected chi connectivity index (χ4v) is 3.01.